The third kappa shape index (κ3) is 1.06. The molecule has 0 saturated carbocycles. The van der Waals surface area contributed by atoms with Gasteiger partial charge in [0.25, 0.3) is 11.8 Å². The van der Waals surface area contributed by atoms with Crippen LogP contribution in [0.5, 0.6) is 0 Å². The van der Waals surface area contributed by atoms with Crippen molar-refractivity contribution < 1.29 is 19.8 Å². The van der Waals surface area contributed by atoms with E-state index in [4.69, 9.17) is 0 Å². The van der Waals surface area contributed by atoms with Crippen LogP contribution >= 0.6 is 0 Å². The summed E-state index contributed by atoms with van der Waals surface area (Å²) in [6, 6.07) is 0. The van der Waals surface area contributed by atoms with E-state index in [2.05, 4.69) is 0 Å². The monoisotopic (exact) mass is 214 g/mol. The van der Waals surface area contributed by atoms with Crippen LogP contribution in [0, 0.1) is 0 Å². The highest BCUT2D eigenvalue weighted by Gasteiger charge is 2.60. The molecule has 6 nitrogen and oxygen atoms in total. The third-order valence-electron chi connectivity index (χ3n) is 3.30. The molecule has 2 atom stereocenters. The van der Waals surface area contributed by atoms with Crippen LogP contribution < -0.4 is 0 Å². The molecule has 0 aromatic heterocycles. The molecular weight excluding hydrogens is 200 g/mol. The third-order valence-corrected chi connectivity index (χ3v) is 3.30. The lowest BCUT2D eigenvalue weighted by molar-refractivity contribution is -0.221. The zero-order chi connectivity index (χ0) is 11.4. The molecule has 2 heterocycles. The first-order chi connectivity index (χ1) is 6.82. The summed E-state index contributed by atoms with van der Waals surface area (Å²) in [6.07, 6.45) is 0.801. The molecule has 0 bridgehead atoms. The van der Waals surface area contributed by atoms with Gasteiger partial charge in [-0.25, -0.2) is 0 Å². The van der Waals surface area contributed by atoms with Crippen molar-refractivity contribution in [2.75, 3.05) is 13.6 Å². The minimum absolute atomic E-state index is 0.234. The number of carbonyl (C=O) groups is 2. The van der Waals surface area contributed by atoms with Crippen molar-refractivity contribution in [2.45, 2.75) is 31.2 Å². The number of carbonyl (C=O) groups excluding carboxylic acids is 2. The number of fused-ring (bicyclic) bond motifs is 1. The fourth-order valence-corrected chi connectivity index (χ4v) is 2.16. The van der Waals surface area contributed by atoms with Crippen LogP contribution in [0.3, 0.4) is 0 Å². The Morgan fingerprint density at radius 1 is 1.27 bits per heavy atom. The van der Waals surface area contributed by atoms with Gasteiger partial charge in [-0.3, -0.25) is 9.59 Å². The summed E-state index contributed by atoms with van der Waals surface area (Å²) < 4.78 is 0. The molecule has 2 amide bonds. The maximum Gasteiger partial charge on any atom is 0.278 e. The molecule has 0 aromatic rings. The highest BCUT2D eigenvalue weighted by molar-refractivity contribution is 6.00. The van der Waals surface area contributed by atoms with E-state index in [0.717, 1.165) is 9.80 Å². The van der Waals surface area contributed by atoms with E-state index in [9.17, 15) is 19.8 Å². The number of rotatable bonds is 0. The first kappa shape index (κ1) is 10.4. The molecule has 15 heavy (non-hydrogen) atoms. The number of hydrogen-bond donors (Lipinski definition) is 2. The Labute approximate surface area is 87.1 Å². The first-order valence-electron chi connectivity index (χ1n) is 4.87. The molecule has 0 radical (unpaired) electrons. The van der Waals surface area contributed by atoms with Gasteiger partial charge >= 0.3 is 0 Å². The van der Waals surface area contributed by atoms with Gasteiger partial charge in [-0.15, -0.1) is 0 Å². The van der Waals surface area contributed by atoms with Crippen molar-refractivity contribution in [3.63, 3.8) is 0 Å². The number of likely N-dealkylation sites (N-methyl/N-ethyl adjacent to an activating group) is 1. The molecule has 0 unspecified atom stereocenters. The van der Waals surface area contributed by atoms with Crippen molar-refractivity contribution >= 4 is 11.8 Å². The van der Waals surface area contributed by atoms with E-state index in [-0.39, 0.29) is 6.42 Å². The lowest BCUT2D eigenvalue weighted by Crippen LogP contribution is -2.73. The van der Waals surface area contributed by atoms with E-state index in [0.29, 0.717) is 13.0 Å². The van der Waals surface area contributed by atoms with Crippen molar-refractivity contribution in [2.24, 2.45) is 0 Å². The van der Waals surface area contributed by atoms with Crippen LogP contribution in [0.2, 0.25) is 0 Å². The number of hydrogen-bond acceptors (Lipinski definition) is 4. The molecule has 2 aliphatic heterocycles. The summed E-state index contributed by atoms with van der Waals surface area (Å²) in [7, 11) is 1.31. The average molecular weight is 214 g/mol. The zero-order valence-electron chi connectivity index (χ0n) is 8.73. The molecule has 0 aliphatic carbocycles. The van der Waals surface area contributed by atoms with Crippen LogP contribution in [0.1, 0.15) is 19.8 Å². The largest absolute Gasteiger partial charge is 0.363 e. The molecule has 0 spiro atoms. The molecule has 2 rings (SSSR count). The summed E-state index contributed by atoms with van der Waals surface area (Å²) in [5.74, 6) is -1.24. The van der Waals surface area contributed by atoms with Gasteiger partial charge in [0.2, 0.25) is 11.4 Å². The fraction of sp³-hybridized carbons (Fsp3) is 0.778. The Morgan fingerprint density at radius 3 is 2.47 bits per heavy atom. The second kappa shape index (κ2) is 2.70. The van der Waals surface area contributed by atoms with Gasteiger partial charge in [0, 0.05) is 20.0 Å². The summed E-state index contributed by atoms with van der Waals surface area (Å²) in [6.45, 7) is 1.57. The van der Waals surface area contributed by atoms with Gasteiger partial charge in [0.15, 0.2) is 0 Å². The first-order valence-corrected chi connectivity index (χ1v) is 4.87. The number of piperazine rings is 1. The summed E-state index contributed by atoms with van der Waals surface area (Å²) in [4.78, 5) is 25.6. The van der Waals surface area contributed by atoms with Gasteiger partial charge in [-0.2, -0.15) is 0 Å². The van der Waals surface area contributed by atoms with Gasteiger partial charge in [0.1, 0.15) is 0 Å². The molecular formula is C9H14N2O4. The van der Waals surface area contributed by atoms with Crippen LogP contribution in [0.4, 0.5) is 0 Å². The van der Waals surface area contributed by atoms with E-state index in [1.807, 2.05) is 0 Å². The van der Waals surface area contributed by atoms with Crippen LogP contribution in [0.15, 0.2) is 0 Å². The van der Waals surface area contributed by atoms with E-state index in [1.54, 1.807) is 0 Å². The molecule has 2 aliphatic rings. The Kier molecular flexibility index (Phi) is 1.87. The van der Waals surface area contributed by atoms with Crippen molar-refractivity contribution in [1.29, 1.82) is 0 Å². The average Bonchev–Trinajstić information content (AvgIpc) is 2.56. The second-order valence-corrected chi connectivity index (χ2v) is 4.26. The lowest BCUT2D eigenvalue weighted by Gasteiger charge is -2.47. The molecule has 2 N–H and O–H groups in total. The fourth-order valence-electron chi connectivity index (χ4n) is 2.16. The summed E-state index contributed by atoms with van der Waals surface area (Å²) >= 11 is 0. The second-order valence-electron chi connectivity index (χ2n) is 4.26. The normalized spacial score (nSPS) is 41.1. The Balaban J connectivity index is 2.48. The molecule has 2 saturated heterocycles. The SMILES string of the molecule is CN1C(=O)[C@@]2(O)CCCN2C(=O)[C@]1(C)O. The maximum absolute atomic E-state index is 11.8. The van der Waals surface area contributed by atoms with Crippen molar-refractivity contribution in [1.82, 2.24) is 9.80 Å². The minimum atomic E-state index is -1.85. The predicted octanol–water partition coefficient (Wildman–Crippen LogP) is -1.52. The van der Waals surface area contributed by atoms with Gasteiger partial charge < -0.3 is 20.0 Å². The minimum Gasteiger partial charge on any atom is -0.363 e. The Hall–Kier alpha value is -1.14. The Bertz CT molecular complexity index is 339. The topological polar surface area (TPSA) is 81.1 Å². The van der Waals surface area contributed by atoms with Gasteiger partial charge in [-0.05, 0) is 13.3 Å². The number of aliphatic hydroxyl groups is 2. The van der Waals surface area contributed by atoms with Crippen LogP contribution in [0.25, 0.3) is 0 Å². The Morgan fingerprint density at radius 2 is 1.87 bits per heavy atom. The predicted molar refractivity (Wildman–Crippen MR) is 49.3 cm³/mol. The zero-order valence-corrected chi connectivity index (χ0v) is 8.73. The smallest absolute Gasteiger partial charge is 0.278 e. The quantitative estimate of drug-likeness (QED) is 0.513. The number of nitrogens with zero attached hydrogens (tertiary/aromatic N) is 2. The summed E-state index contributed by atoms with van der Waals surface area (Å²) in [5.41, 5.74) is -3.60. The summed E-state index contributed by atoms with van der Waals surface area (Å²) in [5, 5.41) is 19.9. The molecule has 2 fully saturated rings. The van der Waals surface area contributed by atoms with E-state index >= 15 is 0 Å². The van der Waals surface area contributed by atoms with Crippen molar-refractivity contribution in [3.05, 3.63) is 0 Å². The lowest BCUT2D eigenvalue weighted by atomic mass is 10.0. The van der Waals surface area contributed by atoms with E-state index < -0.39 is 23.3 Å². The standard InChI is InChI=1S/C9H14N2O4/c1-8(14)6(12)11-5-3-4-9(11,15)7(13)10(8)2/h14-15H,3-5H2,1-2H3/t8-,9-/m0/s1. The van der Waals surface area contributed by atoms with E-state index in [1.165, 1.54) is 14.0 Å². The van der Waals surface area contributed by atoms with Gasteiger partial charge in [0.05, 0.1) is 0 Å². The molecule has 6 heteroatoms. The maximum atomic E-state index is 11.8. The number of amides is 2. The van der Waals surface area contributed by atoms with Gasteiger partial charge in [-0.1, -0.05) is 0 Å². The van der Waals surface area contributed by atoms with Crippen LogP contribution in [-0.2, 0) is 9.59 Å². The van der Waals surface area contributed by atoms with Crippen molar-refractivity contribution in [3.8, 4) is 0 Å². The highest BCUT2D eigenvalue weighted by Crippen LogP contribution is 2.36. The molecule has 84 valence electrons. The molecule has 0 aromatic carbocycles. The van der Waals surface area contributed by atoms with Crippen LogP contribution in [-0.4, -0.2) is 56.9 Å². The highest BCUT2D eigenvalue weighted by atomic mass is 16.4.